The van der Waals surface area contributed by atoms with Gasteiger partial charge in [-0.3, -0.25) is 9.69 Å². The molecule has 1 aromatic carbocycles. The van der Waals surface area contributed by atoms with Crippen molar-refractivity contribution in [2.24, 2.45) is 5.73 Å². The van der Waals surface area contributed by atoms with Crippen molar-refractivity contribution in [3.8, 4) is 5.75 Å². The van der Waals surface area contributed by atoms with Crippen molar-refractivity contribution in [1.29, 1.82) is 0 Å². The third-order valence-electron chi connectivity index (χ3n) is 3.86. The molecule has 1 saturated heterocycles. The first-order chi connectivity index (χ1) is 10.6. The first-order valence-corrected chi connectivity index (χ1v) is 7.46. The van der Waals surface area contributed by atoms with Crippen molar-refractivity contribution in [1.82, 2.24) is 4.90 Å². The van der Waals surface area contributed by atoms with Crippen molar-refractivity contribution in [2.75, 3.05) is 26.8 Å². The van der Waals surface area contributed by atoms with Crippen LogP contribution >= 0.6 is 0 Å². The summed E-state index contributed by atoms with van der Waals surface area (Å²) in [5.41, 5.74) is 5.92. The highest BCUT2D eigenvalue weighted by molar-refractivity contribution is 5.89. The molecule has 1 heterocycles. The van der Waals surface area contributed by atoms with E-state index in [-0.39, 0.29) is 17.9 Å². The van der Waals surface area contributed by atoms with Crippen LogP contribution in [0.15, 0.2) is 24.3 Å². The summed E-state index contributed by atoms with van der Waals surface area (Å²) in [6, 6.07) is 6.60. The van der Waals surface area contributed by atoms with E-state index in [1.165, 1.54) is 7.11 Å². The van der Waals surface area contributed by atoms with E-state index >= 15 is 0 Å². The van der Waals surface area contributed by atoms with E-state index < -0.39 is 0 Å². The molecule has 0 aliphatic carbocycles. The molecule has 1 aliphatic rings. The van der Waals surface area contributed by atoms with Gasteiger partial charge in [-0.15, -0.1) is 0 Å². The number of rotatable bonds is 6. The Bertz CT molecular complexity index is 515. The van der Waals surface area contributed by atoms with E-state index in [1.807, 2.05) is 0 Å². The van der Waals surface area contributed by atoms with Crippen LogP contribution < -0.4 is 10.5 Å². The van der Waals surface area contributed by atoms with E-state index in [2.05, 4.69) is 9.64 Å². The van der Waals surface area contributed by atoms with Crippen molar-refractivity contribution in [2.45, 2.75) is 25.3 Å². The maximum absolute atomic E-state index is 11.4. The van der Waals surface area contributed by atoms with Crippen LogP contribution in [0.5, 0.6) is 5.75 Å². The molecular formula is C16H22N2O4. The van der Waals surface area contributed by atoms with Gasteiger partial charge in [0.1, 0.15) is 12.4 Å². The lowest BCUT2D eigenvalue weighted by Gasteiger charge is -2.33. The Morgan fingerprint density at radius 1 is 1.27 bits per heavy atom. The number of primary amides is 1. The minimum Gasteiger partial charge on any atom is -0.492 e. The highest BCUT2D eigenvalue weighted by Crippen LogP contribution is 2.17. The van der Waals surface area contributed by atoms with Crippen molar-refractivity contribution >= 4 is 11.9 Å². The van der Waals surface area contributed by atoms with Crippen LogP contribution in [-0.2, 0) is 9.53 Å². The smallest absolute Gasteiger partial charge is 0.337 e. The normalized spacial score (nSPS) is 18.7. The first kappa shape index (κ1) is 16.3. The quantitative estimate of drug-likeness (QED) is 0.798. The maximum atomic E-state index is 11.4. The minimum absolute atomic E-state index is 0.181. The van der Waals surface area contributed by atoms with Gasteiger partial charge in [-0.05, 0) is 43.7 Å². The fourth-order valence-corrected chi connectivity index (χ4v) is 2.67. The molecule has 1 amide bonds. The Balaban J connectivity index is 1.82. The summed E-state index contributed by atoms with van der Waals surface area (Å²) in [6.45, 7) is 2.01. The van der Waals surface area contributed by atoms with Gasteiger partial charge in [-0.25, -0.2) is 4.79 Å². The summed E-state index contributed by atoms with van der Waals surface area (Å²) in [6.07, 6.45) is 2.95. The summed E-state index contributed by atoms with van der Waals surface area (Å²) in [5, 5.41) is 0. The van der Waals surface area contributed by atoms with Gasteiger partial charge in [0, 0.05) is 6.54 Å². The predicted octanol–water partition coefficient (Wildman–Crippen LogP) is 1.19. The van der Waals surface area contributed by atoms with Gasteiger partial charge in [0.05, 0.1) is 18.7 Å². The molecule has 0 bridgehead atoms. The maximum Gasteiger partial charge on any atom is 0.337 e. The van der Waals surface area contributed by atoms with Gasteiger partial charge in [0.15, 0.2) is 0 Å². The third kappa shape index (κ3) is 4.21. The minimum atomic E-state index is -0.371. The number of amides is 1. The molecule has 2 rings (SSSR count). The molecule has 1 unspecified atom stereocenters. The Morgan fingerprint density at radius 2 is 2.00 bits per heavy atom. The van der Waals surface area contributed by atoms with Crippen LogP contribution in [0.25, 0.3) is 0 Å². The molecule has 6 nitrogen and oxygen atoms in total. The van der Waals surface area contributed by atoms with Gasteiger partial charge >= 0.3 is 5.97 Å². The van der Waals surface area contributed by atoms with Gasteiger partial charge in [0.25, 0.3) is 0 Å². The molecule has 2 N–H and O–H groups in total. The number of esters is 1. The number of benzene rings is 1. The Labute approximate surface area is 130 Å². The summed E-state index contributed by atoms with van der Waals surface area (Å²) < 4.78 is 10.3. The largest absolute Gasteiger partial charge is 0.492 e. The molecule has 0 saturated carbocycles. The molecule has 22 heavy (non-hydrogen) atoms. The second kappa shape index (κ2) is 7.79. The van der Waals surface area contributed by atoms with Crippen LogP contribution in [0.3, 0.4) is 0 Å². The molecular weight excluding hydrogens is 284 g/mol. The number of piperidine rings is 1. The lowest BCUT2D eigenvalue weighted by molar-refractivity contribution is -0.124. The second-order valence-electron chi connectivity index (χ2n) is 5.31. The molecule has 0 radical (unpaired) electrons. The number of hydrogen-bond donors (Lipinski definition) is 1. The van der Waals surface area contributed by atoms with Crippen LogP contribution in [0, 0.1) is 0 Å². The van der Waals surface area contributed by atoms with Crippen molar-refractivity contribution in [3.05, 3.63) is 29.8 Å². The molecule has 6 heteroatoms. The topological polar surface area (TPSA) is 81.9 Å². The number of hydrogen-bond acceptors (Lipinski definition) is 5. The predicted molar refractivity (Wildman–Crippen MR) is 81.7 cm³/mol. The first-order valence-electron chi connectivity index (χ1n) is 7.46. The van der Waals surface area contributed by atoms with Crippen molar-refractivity contribution < 1.29 is 19.1 Å². The number of carbonyl (C=O) groups is 2. The fourth-order valence-electron chi connectivity index (χ4n) is 2.67. The van der Waals surface area contributed by atoms with E-state index in [0.29, 0.717) is 24.5 Å². The highest BCUT2D eigenvalue weighted by Gasteiger charge is 2.26. The Hall–Kier alpha value is -2.08. The summed E-state index contributed by atoms with van der Waals surface area (Å²) in [4.78, 5) is 24.8. The number of likely N-dealkylation sites (tertiary alicyclic amines) is 1. The standard InChI is InChI=1S/C16H22N2O4/c1-21-16(20)12-5-7-13(8-6-12)22-11-10-18-9-3-2-4-14(18)15(17)19/h5-8,14H,2-4,9-11H2,1H3,(H2,17,19). The lowest BCUT2D eigenvalue weighted by atomic mass is 10.0. The van der Waals surface area contributed by atoms with Crippen LogP contribution in [0.4, 0.5) is 0 Å². The molecule has 120 valence electrons. The molecule has 1 aliphatic heterocycles. The number of nitrogens with two attached hydrogens (primary N) is 1. The Morgan fingerprint density at radius 3 is 2.64 bits per heavy atom. The fraction of sp³-hybridized carbons (Fsp3) is 0.500. The Kier molecular flexibility index (Phi) is 5.77. The number of ether oxygens (including phenoxy) is 2. The number of carbonyl (C=O) groups excluding carboxylic acids is 2. The zero-order valence-electron chi connectivity index (χ0n) is 12.8. The monoisotopic (exact) mass is 306 g/mol. The van der Waals surface area contributed by atoms with E-state index in [4.69, 9.17) is 10.5 Å². The average Bonchev–Trinajstić information content (AvgIpc) is 2.55. The highest BCUT2D eigenvalue weighted by atomic mass is 16.5. The zero-order valence-corrected chi connectivity index (χ0v) is 12.8. The summed E-state index contributed by atoms with van der Waals surface area (Å²) in [7, 11) is 1.35. The molecule has 0 spiro atoms. The SMILES string of the molecule is COC(=O)c1ccc(OCCN2CCCCC2C(N)=O)cc1. The van der Waals surface area contributed by atoms with Crippen molar-refractivity contribution in [3.63, 3.8) is 0 Å². The summed E-state index contributed by atoms with van der Waals surface area (Å²) >= 11 is 0. The number of methoxy groups -OCH3 is 1. The van der Waals surface area contributed by atoms with E-state index in [9.17, 15) is 9.59 Å². The van der Waals surface area contributed by atoms with Gasteiger partial charge in [-0.2, -0.15) is 0 Å². The zero-order chi connectivity index (χ0) is 15.9. The second-order valence-corrected chi connectivity index (χ2v) is 5.31. The molecule has 0 aromatic heterocycles. The average molecular weight is 306 g/mol. The van der Waals surface area contributed by atoms with Gasteiger partial charge in [-0.1, -0.05) is 6.42 Å². The lowest BCUT2D eigenvalue weighted by Crippen LogP contribution is -2.48. The molecule has 1 aromatic rings. The molecule has 1 atom stereocenters. The van der Waals surface area contributed by atoms with Crippen LogP contribution in [0.2, 0.25) is 0 Å². The van der Waals surface area contributed by atoms with E-state index in [1.54, 1.807) is 24.3 Å². The van der Waals surface area contributed by atoms with E-state index in [0.717, 1.165) is 25.8 Å². The third-order valence-corrected chi connectivity index (χ3v) is 3.86. The summed E-state index contributed by atoms with van der Waals surface area (Å²) in [5.74, 6) is 0.0478. The van der Waals surface area contributed by atoms with Gasteiger partial charge in [0.2, 0.25) is 5.91 Å². The molecule has 1 fully saturated rings. The number of nitrogens with zero attached hydrogens (tertiary/aromatic N) is 1. The van der Waals surface area contributed by atoms with Crippen LogP contribution in [0.1, 0.15) is 29.6 Å². The van der Waals surface area contributed by atoms with Gasteiger partial charge < -0.3 is 15.2 Å². The van der Waals surface area contributed by atoms with Crippen LogP contribution in [-0.4, -0.2) is 49.6 Å².